The van der Waals surface area contributed by atoms with Crippen LogP contribution in [0, 0.1) is 12.3 Å². The van der Waals surface area contributed by atoms with Gasteiger partial charge in [0, 0.05) is 6.42 Å². The Labute approximate surface area is 145 Å². The molecule has 0 aromatic heterocycles. The van der Waals surface area contributed by atoms with E-state index in [0.29, 0.717) is 12.8 Å². The van der Waals surface area contributed by atoms with Crippen LogP contribution in [0.5, 0.6) is 0 Å². The number of terminal acetylenes is 1. The monoisotopic (exact) mass is 380 g/mol. The van der Waals surface area contributed by atoms with Gasteiger partial charge in [-0.25, -0.2) is 14.4 Å². The van der Waals surface area contributed by atoms with Gasteiger partial charge in [-0.15, -0.1) is 12.3 Å². The molecule has 10 nitrogen and oxygen atoms in total. The summed E-state index contributed by atoms with van der Waals surface area (Å²) in [5.74, 6) is 2.28. The zero-order valence-corrected chi connectivity index (χ0v) is 15.3. The summed E-state index contributed by atoms with van der Waals surface area (Å²) in [7, 11) is -4.13. The molecule has 0 aliphatic heterocycles. The topological polar surface area (TPSA) is 124 Å². The summed E-state index contributed by atoms with van der Waals surface area (Å²) in [5.41, 5.74) is 0. The van der Waals surface area contributed by atoms with Crippen molar-refractivity contribution in [2.45, 2.75) is 52.2 Å². The Morgan fingerprint density at radius 2 is 1.52 bits per heavy atom. The molecule has 0 aromatic carbocycles. The highest BCUT2D eigenvalue weighted by molar-refractivity contribution is 7.50. The predicted octanol–water partition coefficient (Wildman–Crippen LogP) is 3.78. The third-order valence-electron chi connectivity index (χ3n) is 2.66. The van der Waals surface area contributed by atoms with E-state index < -0.39 is 38.5 Å². The predicted molar refractivity (Wildman–Crippen MR) is 83.5 cm³/mol. The molecule has 0 spiro atoms. The Bertz CT molecular complexity index is 552. The SMILES string of the molecule is C#CCC(CC)OC(=O)OP(=O)(OC(=O)OC)OC(=O)OC(C)CC. The molecule has 25 heavy (non-hydrogen) atoms. The van der Waals surface area contributed by atoms with E-state index in [1.54, 1.807) is 13.8 Å². The van der Waals surface area contributed by atoms with Gasteiger partial charge in [0.15, 0.2) is 0 Å². The Morgan fingerprint density at radius 3 is 1.96 bits per heavy atom. The van der Waals surface area contributed by atoms with Crippen LogP contribution in [0.2, 0.25) is 0 Å². The lowest BCUT2D eigenvalue weighted by Crippen LogP contribution is -2.21. The highest BCUT2D eigenvalue weighted by atomic mass is 31.2. The fraction of sp³-hybridized carbons (Fsp3) is 0.643. The Balaban J connectivity index is 5.05. The number of hydrogen-bond donors (Lipinski definition) is 0. The van der Waals surface area contributed by atoms with Gasteiger partial charge in [-0.3, -0.25) is 0 Å². The van der Waals surface area contributed by atoms with Crippen LogP contribution < -0.4 is 0 Å². The van der Waals surface area contributed by atoms with Crippen LogP contribution in [0.3, 0.4) is 0 Å². The van der Waals surface area contributed by atoms with Crippen molar-refractivity contribution in [3.05, 3.63) is 0 Å². The van der Waals surface area contributed by atoms with Gasteiger partial charge >= 0.3 is 26.3 Å². The second-order valence-electron chi connectivity index (χ2n) is 4.57. The first kappa shape index (κ1) is 22.6. The molecule has 0 fully saturated rings. The highest BCUT2D eigenvalue weighted by Gasteiger charge is 2.42. The molecule has 0 saturated heterocycles. The number of phosphoric ester groups is 1. The third kappa shape index (κ3) is 9.47. The maximum Gasteiger partial charge on any atom is 0.661 e. The molecule has 0 heterocycles. The molecule has 0 bridgehead atoms. The summed E-state index contributed by atoms with van der Waals surface area (Å²) in [5, 5.41) is 0. The van der Waals surface area contributed by atoms with Crippen molar-refractivity contribution in [2.24, 2.45) is 0 Å². The number of methoxy groups -OCH3 is 1. The largest absolute Gasteiger partial charge is 0.661 e. The van der Waals surface area contributed by atoms with Gasteiger partial charge in [-0.05, 0) is 19.8 Å². The first-order chi connectivity index (χ1) is 11.7. The minimum absolute atomic E-state index is 0.0741. The molecule has 0 saturated carbocycles. The number of phosphoric acid groups is 1. The summed E-state index contributed by atoms with van der Waals surface area (Å²) in [4.78, 5) is 34.4. The number of rotatable bonds is 8. The lowest BCUT2D eigenvalue weighted by Gasteiger charge is -2.18. The van der Waals surface area contributed by atoms with E-state index in [1.807, 2.05) is 0 Å². The van der Waals surface area contributed by atoms with Crippen molar-refractivity contribution >= 4 is 26.3 Å². The zero-order chi connectivity index (χ0) is 19.5. The van der Waals surface area contributed by atoms with E-state index in [0.717, 1.165) is 7.11 Å². The van der Waals surface area contributed by atoms with Crippen LogP contribution in [-0.2, 0) is 32.3 Å². The van der Waals surface area contributed by atoms with Gasteiger partial charge in [0.1, 0.15) is 12.2 Å². The summed E-state index contributed by atoms with van der Waals surface area (Å²) in [6, 6.07) is 0. The summed E-state index contributed by atoms with van der Waals surface area (Å²) in [6.07, 6.45) is 0.173. The molecule has 0 amide bonds. The lowest BCUT2D eigenvalue weighted by molar-refractivity contribution is 0.0283. The van der Waals surface area contributed by atoms with Crippen molar-refractivity contribution < 1.29 is 46.7 Å². The van der Waals surface area contributed by atoms with E-state index >= 15 is 0 Å². The minimum Gasteiger partial charge on any atom is -0.437 e. The van der Waals surface area contributed by atoms with Crippen LogP contribution in [-0.4, -0.2) is 37.8 Å². The molecule has 3 unspecified atom stereocenters. The average Bonchev–Trinajstić information content (AvgIpc) is 2.53. The van der Waals surface area contributed by atoms with Gasteiger partial charge in [0.25, 0.3) is 0 Å². The zero-order valence-electron chi connectivity index (χ0n) is 14.4. The summed E-state index contributed by atoms with van der Waals surface area (Å²) in [6.45, 7) is 4.93. The first-order valence-corrected chi connectivity index (χ1v) is 8.77. The highest BCUT2D eigenvalue weighted by Crippen LogP contribution is 2.50. The van der Waals surface area contributed by atoms with Crippen molar-refractivity contribution in [3.63, 3.8) is 0 Å². The van der Waals surface area contributed by atoms with Crippen LogP contribution in [0.1, 0.15) is 40.0 Å². The number of hydrogen-bond acceptors (Lipinski definition) is 10. The first-order valence-electron chi connectivity index (χ1n) is 7.31. The van der Waals surface area contributed by atoms with Crippen molar-refractivity contribution in [1.82, 2.24) is 0 Å². The number of carbonyl (C=O) groups excluding carboxylic acids is 3. The standard InChI is InChI=1S/C14H21O10P/c1-6-9-11(8-3)21-14(17)24-25(18,22-12(15)19-5)23-13(16)20-10(4)7-2/h1,10-11H,7-9H2,2-5H3. The van der Waals surface area contributed by atoms with E-state index in [9.17, 15) is 18.9 Å². The van der Waals surface area contributed by atoms with Gasteiger partial charge in [0.2, 0.25) is 0 Å². The molecule has 0 aliphatic carbocycles. The van der Waals surface area contributed by atoms with Gasteiger partial charge in [0.05, 0.1) is 7.11 Å². The number of carbonyl (C=O) groups is 3. The third-order valence-corrected chi connectivity index (χ3v) is 3.78. The normalized spacial score (nSPS) is 14.7. The van der Waals surface area contributed by atoms with Crippen molar-refractivity contribution in [2.75, 3.05) is 7.11 Å². The van der Waals surface area contributed by atoms with Gasteiger partial charge in [-0.2, -0.15) is 4.57 Å². The van der Waals surface area contributed by atoms with Crippen LogP contribution in [0.15, 0.2) is 0 Å². The van der Waals surface area contributed by atoms with E-state index in [4.69, 9.17) is 15.9 Å². The Kier molecular flexibility index (Phi) is 10.1. The molecular formula is C14H21O10P. The molecule has 142 valence electrons. The smallest absolute Gasteiger partial charge is 0.437 e. The molecule has 3 atom stereocenters. The average molecular weight is 380 g/mol. The van der Waals surface area contributed by atoms with Crippen LogP contribution in [0.25, 0.3) is 0 Å². The molecule has 0 rings (SSSR count). The second kappa shape index (κ2) is 11.2. The fourth-order valence-electron chi connectivity index (χ4n) is 1.19. The summed E-state index contributed by atoms with van der Waals surface area (Å²) >= 11 is 0. The maximum absolute atomic E-state index is 12.3. The quantitative estimate of drug-likeness (QED) is 0.266. The molecule has 0 aromatic rings. The molecule has 11 heteroatoms. The maximum atomic E-state index is 12.3. The van der Waals surface area contributed by atoms with Gasteiger partial charge < -0.3 is 27.8 Å². The molecule has 0 N–H and O–H groups in total. The second-order valence-corrected chi connectivity index (χ2v) is 6.01. The van der Waals surface area contributed by atoms with E-state index in [1.165, 1.54) is 6.92 Å². The lowest BCUT2D eigenvalue weighted by atomic mass is 10.2. The number of ether oxygens (including phenoxy) is 3. The van der Waals surface area contributed by atoms with Crippen LogP contribution in [0.4, 0.5) is 14.4 Å². The van der Waals surface area contributed by atoms with Gasteiger partial charge in [-0.1, -0.05) is 13.8 Å². The van der Waals surface area contributed by atoms with E-state index in [2.05, 4.69) is 24.2 Å². The summed E-state index contributed by atoms with van der Waals surface area (Å²) < 4.78 is 38.8. The minimum atomic E-state index is -5.03. The van der Waals surface area contributed by atoms with Crippen molar-refractivity contribution in [3.8, 4) is 12.3 Å². The Hall–Kier alpha value is -2.40. The van der Waals surface area contributed by atoms with Crippen molar-refractivity contribution in [1.29, 1.82) is 0 Å². The molecule has 0 radical (unpaired) electrons. The Morgan fingerprint density at radius 1 is 1.00 bits per heavy atom. The fourth-order valence-corrected chi connectivity index (χ4v) is 2.01. The van der Waals surface area contributed by atoms with Crippen LogP contribution >= 0.6 is 7.82 Å². The molecule has 0 aliphatic rings. The molecular weight excluding hydrogens is 359 g/mol. The van der Waals surface area contributed by atoms with E-state index in [-0.39, 0.29) is 6.42 Å².